The van der Waals surface area contributed by atoms with E-state index in [1.165, 1.54) is 38.8 Å². The number of piperidine rings is 1. The van der Waals surface area contributed by atoms with Gasteiger partial charge in [-0.3, -0.25) is 4.90 Å². The topological polar surface area (TPSA) is 29.3 Å². The first kappa shape index (κ1) is 13.7. The molecule has 1 aliphatic rings. The van der Waals surface area contributed by atoms with E-state index in [1.54, 1.807) is 0 Å². The standard InChI is InChI=1S/C14H28N2/c1-4-5-7-10-13(15)14(2,3)16-11-8-6-9-12-16/h4,13H,1,5-12,15H2,2-3H3. The molecule has 0 aromatic rings. The fraction of sp³-hybridized carbons (Fsp3) is 0.857. The lowest BCUT2D eigenvalue weighted by Crippen LogP contribution is -2.57. The number of hydrogen-bond acceptors (Lipinski definition) is 2. The van der Waals surface area contributed by atoms with Crippen molar-refractivity contribution < 1.29 is 0 Å². The zero-order valence-electron chi connectivity index (χ0n) is 11.0. The van der Waals surface area contributed by atoms with Crippen molar-refractivity contribution >= 4 is 0 Å². The summed E-state index contributed by atoms with van der Waals surface area (Å²) in [5.41, 5.74) is 6.50. The van der Waals surface area contributed by atoms with Gasteiger partial charge in [-0.15, -0.1) is 6.58 Å². The Hall–Kier alpha value is -0.340. The van der Waals surface area contributed by atoms with Crippen molar-refractivity contribution in [2.75, 3.05) is 13.1 Å². The summed E-state index contributed by atoms with van der Waals surface area (Å²) in [6.45, 7) is 10.8. The molecule has 1 fully saturated rings. The van der Waals surface area contributed by atoms with E-state index in [4.69, 9.17) is 5.73 Å². The van der Waals surface area contributed by atoms with Crippen LogP contribution in [0.15, 0.2) is 12.7 Å². The number of hydrogen-bond donors (Lipinski definition) is 1. The lowest BCUT2D eigenvalue weighted by molar-refractivity contribution is 0.0701. The van der Waals surface area contributed by atoms with E-state index in [0.29, 0.717) is 0 Å². The fourth-order valence-corrected chi connectivity index (χ4v) is 2.54. The average molecular weight is 224 g/mol. The number of likely N-dealkylation sites (tertiary alicyclic amines) is 1. The summed E-state index contributed by atoms with van der Waals surface area (Å²) in [6.07, 6.45) is 9.41. The first-order valence-electron chi connectivity index (χ1n) is 6.70. The molecule has 0 spiro atoms. The molecule has 0 aromatic carbocycles. The summed E-state index contributed by atoms with van der Waals surface area (Å²) >= 11 is 0. The van der Waals surface area contributed by atoms with Crippen LogP contribution >= 0.6 is 0 Å². The highest BCUT2D eigenvalue weighted by Gasteiger charge is 2.33. The van der Waals surface area contributed by atoms with Crippen molar-refractivity contribution in [3.63, 3.8) is 0 Å². The summed E-state index contributed by atoms with van der Waals surface area (Å²) in [5, 5.41) is 0. The van der Waals surface area contributed by atoms with E-state index in [9.17, 15) is 0 Å². The summed E-state index contributed by atoms with van der Waals surface area (Å²) in [7, 11) is 0. The molecule has 2 N–H and O–H groups in total. The van der Waals surface area contributed by atoms with Gasteiger partial charge < -0.3 is 5.73 Å². The molecule has 0 aromatic heterocycles. The fourth-order valence-electron chi connectivity index (χ4n) is 2.54. The monoisotopic (exact) mass is 224 g/mol. The van der Waals surface area contributed by atoms with Crippen LogP contribution in [0.5, 0.6) is 0 Å². The van der Waals surface area contributed by atoms with Gasteiger partial charge in [0.2, 0.25) is 0 Å². The third kappa shape index (κ3) is 3.60. The lowest BCUT2D eigenvalue weighted by Gasteiger charge is -2.44. The molecule has 1 saturated heterocycles. The second-order valence-corrected chi connectivity index (χ2v) is 5.53. The quantitative estimate of drug-likeness (QED) is 0.555. The van der Waals surface area contributed by atoms with Gasteiger partial charge in [-0.1, -0.05) is 12.5 Å². The zero-order valence-corrected chi connectivity index (χ0v) is 11.0. The molecule has 1 heterocycles. The number of rotatable bonds is 6. The lowest BCUT2D eigenvalue weighted by atomic mass is 9.87. The predicted octanol–water partition coefficient (Wildman–Crippen LogP) is 2.93. The van der Waals surface area contributed by atoms with Crippen LogP contribution in [0.2, 0.25) is 0 Å². The van der Waals surface area contributed by atoms with E-state index in [-0.39, 0.29) is 11.6 Å². The number of allylic oxidation sites excluding steroid dienone is 1. The van der Waals surface area contributed by atoms with Crippen molar-refractivity contribution in [1.82, 2.24) is 4.90 Å². The Bertz CT molecular complexity index is 205. The van der Waals surface area contributed by atoms with Gasteiger partial charge in [0.1, 0.15) is 0 Å². The van der Waals surface area contributed by atoms with Crippen molar-refractivity contribution in [2.45, 2.75) is 64.0 Å². The van der Waals surface area contributed by atoms with Gasteiger partial charge in [-0.05, 0) is 59.0 Å². The SMILES string of the molecule is C=CCCCC(N)C(C)(C)N1CCCCC1. The third-order valence-electron chi connectivity index (χ3n) is 4.00. The van der Waals surface area contributed by atoms with Crippen molar-refractivity contribution in [3.05, 3.63) is 12.7 Å². The van der Waals surface area contributed by atoms with E-state index >= 15 is 0 Å². The highest BCUT2D eigenvalue weighted by molar-refractivity contribution is 4.92. The highest BCUT2D eigenvalue weighted by atomic mass is 15.2. The van der Waals surface area contributed by atoms with E-state index < -0.39 is 0 Å². The smallest absolute Gasteiger partial charge is 0.0304 e. The summed E-state index contributed by atoms with van der Waals surface area (Å²) in [5.74, 6) is 0. The van der Waals surface area contributed by atoms with Gasteiger partial charge in [0, 0.05) is 11.6 Å². The second-order valence-electron chi connectivity index (χ2n) is 5.53. The minimum atomic E-state index is 0.154. The maximum absolute atomic E-state index is 6.35. The first-order chi connectivity index (χ1) is 7.59. The van der Waals surface area contributed by atoms with Crippen LogP contribution in [-0.2, 0) is 0 Å². The van der Waals surface area contributed by atoms with E-state index in [2.05, 4.69) is 25.3 Å². The van der Waals surface area contributed by atoms with Gasteiger partial charge in [-0.25, -0.2) is 0 Å². The molecule has 1 atom stereocenters. The Kier molecular flexibility index (Phi) is 5.50. The number of nitrogens with two attached hydrogens (primary N) is 1. The van der Waals surface area contributed by atoms with Crippen molar-refractivity contribution in [1.29, 1.82) is 0 Å². The Morgan fingerprint density at radius 1 is 1.31 bits per heavy atom. The maximum atomic E-state index is 6.35. The maximum Gasteiger partial charge on any atom is 0.0304 e. The van der Waals surface area contributed by atoms with Crippen LogP contribution in [-0.4, -0.2) is 29.6 Å². The van der Waals surface area contributed by atoms with E-state index in [0.717, 1.165) is 12.8 Å². The van der Waals surface area contributed by atoms with Crippen LogP contribution in [0.25, 0.3) is 0 Å². The molecule has 0 bridgehead atoms. The number of unbranched alkanes of at least 4 members (excludes halogenated alkanes) is 1. The Morgan fingerprint density at radius 2 is 1.94 bits per heavy atom. The minimum absolute atomic E-state index is 0.154. The van der Waals surface area contributed by atoms with Gasteiger partial charge in [0.15, 0.2) is 0 Å². The molecule has 0 aliphatic carbocycles. The zero-order chi connectivity index (χ0) is 12.0. The van der Waals surface area contributed by atoms with Crippen LogP contribution in [0.4, 0.5) is 0 Å². The number of nitrogens with zero attached hydrogens (tertiary/aromatic N) is 1. The Labute approximate surface area is 101 Å². The Balaban J connectivity index is 2.43. The molecular weight excluding hydrogens is 196 g/mol. The van der Waals surface area contributed by atoms with Crippen LogP contribution in [0.1, 0.15) is 52.4 Å². The van der Waals surface area contributed by atoms with Crippen molar-refractivity contribution in [3.8, 4) is 0 Å². The minimum Gasteiger partial charge on any atom is -0.326 e. The van der Waals surface area contributed by atoms with Gasteiger partial charge >= 0.3 is 0 Å². The highest BCUT2D eigenvalue weighted by Crippen LogP contribution is 2.25. The Morgan fingerprint density at radius 3 is 2.50 bits per heavy atom. The van der Waals surface area contributed by atoms with Gasteiger partial charge in [0.05, 0.1) is 0 Å². The summed E-state index contributed by atoms with van der Waals surface area (Å²) < 4.78 is 0. The molecule has 16 heavy (non-hydrogen) atoms. The van der Waals surface area contributed by atoms with Gasteiger partial charge in [-0.2, -0.15) is 0 Å². The van der Waals surface area contributed by atoms with Crippen LogP contribution in [0, 0.1) is 0 Å². The molecule has 0 amide bonds. The van der Waals surface area contributed by atoms with Gasteiger partial charge in [0.25, 0.3) is 0 Å². The third-order valence-corrected chi connectivity index (χ3v) is 4.00. The normalized spacial score (nSPS) is 20.7. The predicted molar refractivity (Wildman–Crippen MR) is 71.5 cm³/mol. The van der Waals surface area contributed by atoms with Crippen LogP contribution in [0.3, 0.4) is 0 Å². The van der Waals surface area contributed by atoms with Crippen LogP contribution < -0.4 is 5.73 Å². The molecule has 1 unspecified atom stereocenters. The largest absolute Gasteiger partial charge is 0.326 e. The molecule has 1 rings (SSSR count). The summed E-state index contributed by atoms with van der Waals surface area (Å²) in [4.78, 5) is 2.58. The van der Waals surface area contributed by atoms with Crippen molar-refractivity contribution in [2.24, 2.45) is 5.73 Å². The molecule has 94 valence electrons. The average Bonchev–Trinajstić information content (AvgIpc) is 2.30. The molecule has 2 heteroatoms. The molecule has 0 radical (unpaired) electrons. The summed E-state index contributed by atoms with van der Waals surface area (Å²) in [6, 6.07) is 0.283. The molecule has 0 saturated carbocycles. The second kappa shape index (κ2) is 6.41. The first-order valence-corrected chi connectivity index (χ1v) is 6.70. The molecule has 1 aliphatic heterocycles. The van der Waals surface area contributed by atoms with E-state index in [1.807, 2.05) is 6.08 Å². The molecular formula is C14H28N2. The molecule has 2 nitrogen and oxygen atoms in total.